The van der Waals surface area contributed by atoms with Crippen LogP contribution in [0.3, 0.4) is 0 Å². The highest BCUT2D eigenvalue weighted by Gasteiger charge is 2.52. The quantitative estimate of drug-likeness (QED) is 0.764. The molecule has 0 radical (unpaired) electrons. The number of carbonyl (C=O) groups is 1. The van der Waals surface area contributed by atoms with Gasteiger partial charge < -0.3 is 10.1 Å². The van der Waals surface area contributed by atoms with E-state index in [4.69, 9.17) is 27.9 Å². The van der Waals surface area contributed by atoms with Gasteiger partial charge in [-0.15, -0.1) is 0 Å². The predicted octanol–water partition coefficient (Wildman–Crippen LogP) is 4.33. The molecule has 1 unspecified atom stereocenters. The molecule has 2 aromatic carbocycles. The Balaban J connectivity index is 1.89. The van der Waals surface area contributed by atoms with E-state index in [2.05, 4.69) is 5.32 Å². The van der Waals surface area contributed by atoms with Gasteiger partial charge in [-0.1, -0.05) is 23.2 Å². The molecule has 1 heterocycles. The van der Waals surface area contributed by atoms with Crippen LogP contribution in [-0.4, -0.2) is 32.7 Å². The van der Waals surface area contributed by atoms with E-state index < -0.39 is 20.7 Å². The maximum absolute atomic E-state index is 13.3. The van der Waals surface area contributed by atoms with Crippen molar-refractivity contribution in [2.24, 2.45) is 0 Å². The molecule has 6 nitrogen and oxygen atoms in total. The number of halogens is 2. The van der Waals surface area contributed by atoms with Gasteiger partial charge in [0.15, 0.2) is 4.75 Å². The molecule has 1 aliphatic heterocycles. The molecule has 0 aromatic heterocycles. The van der Waals surface area contributed by atoms with E-state index in [9.17, 15) is 13.2 Å². The van der Waals surface area contributed by atoms with Gasteiger partial charge in [0.25, 0.3) is 0 Å². The van der Waals surface area contributed by atoms with Gasteiger partial charge in [0.1, 0.15) is 5.75 Å². The SMILES string of the molecule is COc1ccc(NC(=O)C2(C)CCCN(c3ccc(Cl)cc3)S2(=O)=O)cc1Cl. The number of benzene rings is 2. The van der Waals surface area contributed by atoms with Gasteiger partial charge in [0, 0.05) is 17.3 Å². The van der Waals surface area contributed by atoms with Crippen molar-refractivity contribution in [3.8, 4) is 5.75 Å². The standard InChI is InChI=1S/C19H20Cl2N2O4S/c1-19(18(24)22-14-6-9-17(27-2)16(21)12-14)10-3-11-23(28(19,25)26)15-7-4-13(20)5-8-15/h4-9,12H,3,10-11H2,1-2H3,(H,22,24). The number of nitrogens with one attached hydrogen (secondary N) is 1. The summed E-state index contributed by atoms with van der Waals surface area (Å²) in [5.74, 6) is -0.141. The van der Waals surface area contributed by atoms with Crippen LogP contribution >= 0.6 is 23.2 Å². The molecule has 1 fully saturated rings. The lowest BCUT2D eigenvalue weighted by atomic mass is 10.0. The fourth-order valence-electron chi connectivity index (χ4n) is 3.17. The van der Waals surface area contributed by atoms with E-state index in [0.717, 1.165) is 0 Å². The summed E-state index contributed by atoms with van der Waals surface area (Å²) in [7, 11) is -2.46. The summed E-state index contributed by atoms with van der Waals surface area (Å²) in [5, 5.41) is 3.50. The maximum atomic E-state index is 13.3. The van der Waals surface area contributed by atoms with Crippen LogP contribution < -0.4 is 14.4 Å². The molecular formula is C19H20Cl2N2O4S. The Labute approximate surface area is 174 Å². The summed E-state index contributed by atoms with van der Waals surface area (Å²) >= 11 is 12.0. The van der Waals surface area contributed by atoms with Crippen LogP contribution in [0, 0.1) is 0 Å². The average Bonchev–Trinajstić information content (AvgIpc) is 2.65. The zero-order valence-corrected chi connectivity index (χ0v) is 17.7. The molecule has 3 rings (SSSR count). The number of rotatable bonds is 4. The monoisotopic (exact) mass is 442 g/mol. The summed E-state index contributed by atoms with van der Waals surface area (Å²) in [6.45, 7) is 1.76. The average molecular weight is 443 g/mol. The third-order valence-corrected chi connectivity index (χ3v) is 7.93. The molecule has 1 N–H and O–H groups in total. The Kier molecular flexibility index (Phi) is 5.79. The second kappa shape index (κ2) is 7.81. The number of sulfonamides is 1. The van der Waals surface area contributed by atoms with Crippen LogP contribution in [0.2, 0.25) is 10.0 Å². The van der Waals surface area contributed by atoms with Gasteiger partial charge in [-0.2, -0.15) is 0 Å². The van der Waals surface area contributed by atoms with Crippen LogP contribution in [0.15, 0.2) is 42.5 Å². The number of carbonyl (C=O) groups excluding carboxylic acids is 1. The molecule has 1 atom stereocenters. The first-order chi connectivity index (χ1) is 13.2. The molecule has 0 aliphatic carbocycles. The summed E-state index contributed by atoms with van der Waals surface area (Å²) in [6.07, 6.45) is 0.768. The van der Waals surface area contributed by atoms with Crippen LogP contribution in [0.4, 0.5) is 11.4 Å². The summed E-state index contributed by atoms with van der Waals surface area (Å²) < 4.78 is 31.4. The first-order valence-electron chi connectivity index (χ1n) is 8.62. The van der Waals surface area contributed by atoms with Gasteiger partial charge in [-0.05, 0) is 62.2 Å². The first-order valence-corrected chi connectivity index (χ1v) is 10.8. The molecule has 2 aromatic rings. The minimum absolute atomic E-state index is 0.217. The fourth-order valence-corrected chi connectivity index (χ4v) is 5.49. The third kappa shape index (κ3) is 3.66. The Bertz CT molecular complexity index is 995. The zero-order valence-electron chi connectivity index (χ0n) is 15.4. The normalized spacial score (nSPS) is 21.2. The number of amides is 1. The molecule has 0 bridgehead atoms. The fraction of sp³-hybridized carbons (Fsp3) is 0.316. The molecule has 28 heavy (non-hydrogen) atoms. The van der Waals surface area contributed by atoms with E-state index in [1.54, 1.807) is 36.4 Å². The zero-order chi connectivity index (χ0) is 20.5. The van der Waals surface area contributed by atoms with Crippen molar-refractivity contribution >= 4 is 50.5 Å². The number of ether oxygens (including phenoxy) is 1. The highest BCUT2D eigenvalue weighted by atomic mass is 35.5. The maximum Gasteiger partial charge on any atom is 0.249 e. The van der Waals surface area contributed by atoms with Crippen LogP contribution in [0.25, 0.3) is 0 Å². The molecule has 9 heteroatoms. The van der Waals surface area contributed by atoms with Crippen molar-refractivity contribution in [2.75, 3.05) is 23.3 Å². The largest absolute Gasteiger partial charge is 0.495 e. The van der Waals surface area contributed by atoms with E-state index in [1.807, 2.05) is 0 Å². The van der Waals surface area contributed by atoms with Gasteiger partial charge in [-0.3, -0.25) is 9.10 Å². The van der Waals surface area contributed by atoms with Crippen LogP contribution in [0.1, 0.15) is 19.8 Å². The minimum atomic E-state index is -3.95. The predicted molar refractivity (Wildman–Crippen MR) is 112 cm³/mol. The number of anilines is 2. The highest BCUT2D eigenvalue weighted by Crippen LogP contribution is 2.37. The lowest BCUT2D eigenvalue weighted by Crippen LogP contribution is -2.57. The van der Waals surface area contributed by atoms with Crippen molar-refractivity contribution in [3.63, 3.8) is 0 Å². The van der Waals surface area contributed by atoms with E-state index in [-0.39, 0.29) is 6.42 Å². The highest BCUT2D eigenvalue weighted by molar-refractivity contribution is 7.95. The minimum Gasteiger partial charge on any atom is -0.495 e. The Hall–Kier alpha value is -1.96. The van der Waals surface area contributed by atoms with Crippen LogP contribution in [0.5, 0.6) is 5.75 Å². The van der Waals surface area contributed by atoms with Crippen LogP contribution in [-0.2, 0) is 14.8 Å². The number of hydrogen-bond donors (Lipinski definition) is 1. The molecule has 1 aliphatic rings. The molecule has 1 amide bonds. The summed E-state index contributed by atoms with van der Waals surface area (Å²) in [4.78, 5) is 13.0. The second-order valence-electron chi connectivity index (χ2n) is 6.69. The third-order valence-electron chi connectivity index (χ3n) is 4.88. The summed E-state index contributed by atoms with van der Waals surface area (Å²) in [5.41, 5.74) is 0.881. The molecule has 0 saturated carbocycles. The van der Waals surface area contributed by atoms with E-state index in [0.29, 0.717) is 40.1 Å². The topological polar surface area (TPSA) is 75.7 Å². The van der Waals surface area contributed by atoms with Gasteiger partial charge in [0.05, 0.1) is 17.8 Å². The van der Waals surface area contributed by atoms with Crippen molar-refractivity contribution in [1.29, 1.82) is 0 Å². The van der Waals surface area contributed by atoms with Crippen molar-refractivity contribution in [1.82, 2.24) is 0 Å². The molecule has 1 saturated heterocycles. The van der Waals surface area contributed by atoms with Gasteiger partial charge in [0.2, 0.25) is 15.9 Å². The lowest BCUT2D eigenvalue weighted by Gasteiger charge is -2.39. The lowest BCUT2D eigenvalue weighted by molar-refractivity contribution is -0.118. The Morgan fingerprint density at radius 2 is 1.86 bits per heavy atom. The smallest absolute Gasteiger partial charge is 0.249 e. The summed E-state index contributed by atoms with van der Waals surface area (Å²) in [6, 6.07) is 11.2. The Morgan fingerprint density at radius 3 is 2.46 bits per heavy atom. The molecule has 150 valence electrons. The van der Waals surface area contributed by atoms with E-state index in [1.165, 1.54) is 24.4 Å². The van der Waals surface area contributed by atoms with Crippen molar-refractivity contribution < 1.29 is 17.9 Å². The Morgan fingerprint density at radius 1 is 1.18 bits per heavy atom. The second-order valence-corrected chi connectivity index (χ2v) is 9.83. The first kappa shape index (κ1) is 20.8. The van der Waals surface area contributed by atoms with E-state index >= 15 is 0 Å². The number of methoxy groups -OCH3 is 1. The van der Waals surface area contributed by atoms with Gasteiger partial charge in [-0.25, -0.2) is 8.42 Å². The molecule has 0 spiro atoms. The van der Waals surface area contributed by atoms with Gasteiger partial charge >= 0.3 is 0 Å². The molecular weight excluding hydrogens is 423 g/mol. The van der Waals surface area contributed by atoms with Crippen molar-refractivity contribution in [2.45, 2.75) is 24.5 Å². The number of hydrogen-bond acceptors (Lipinski definition) is 4. The number of nitrogens with zero attached hydrogens (tertiary/aromatic N) is 1. The van der Waals surface area contributed by atoms with Crippen molar-refractivity contribution in [3.05, 3.63) is 52.5 Å².